The summed E-state index contributed by atoms with van der Waals surface area (Å²) >= 11 is 1.99. The zero-order valence-electron chi connectivity index (χ0n) is 12.7. The van der Waals surface area contributed by atoms with E-state index in [1.165, 1.54) is 30.6 Å². The first-order valence-electron chi connectivity index (χ1n) is 7.30. The molecule has 0 spiro atoms. The smallest absolute Gasteiger partial charge is 0.00540 e. The SMILES string of the molecule is CCCC(C)(CNC(C)C)Cc1ccc(CC)s1. The molecule has 1 nitrogen and oxygen atoms in total. The molecule has 0 fully saturated rings. The predicted molar refractivity (Wildman–Crippen MR) is 83.6 cm³/mol. The molecule has 1 atom stereocenters. The van der Waals surface area contributed by atoms with Crippen molar-refractivity contribution in [3.63, 3.8) is 0 Å². The molecule has 1 rings (SSSR count). The van der Waals surface area contributed by atoms with Gasteiger partial charge in [-0.25, -0.2) is 0 Å². The third-order valence-corrected chi connectivity index (χ3v) is 4.69. The average Bonchev–Trinajstić information content (AvgIpc) is 2.74. The predicted octanol–water partition coefficient (Wildman–Crippen LogP) is 4.66. The Kier molecular flexibility index (Phi) is 6.37. The van der Waals surface area contributed by atoms with Gasteiger partial charge >= 0.3 is 0 Å². The maximum atomic E-state index is 3.62. The second kappa shape index (κ2) is 7.30. The summed E-state index contributed by atoms with van der Waals surface area (Å²) in [6, 6.07) is 5.20. The second-order valence-electron chi connectivity index (χ2n) is 5.99. The molecule has 104 valence electrons. The van der Waals surface area contributed by atoms with Gasteiger partial charge in [-0.15, -0.1) is 11.3 Å². The fraction of sp³-hybridized carbons (Fsp3) is 0.750. The minimum atomic E-state index is 0.398. The van der Waals surface area contributed by atoms with E-state index in [4.69, 9.17) is 0 Å². The lowest BCUT2D eigenvalue weighted by Gasteiger charge is -2.30. The van der Waals surface area contributed by atoms with Crippen LogP contribution in [0.4, 0.5) is 0 Å². The van der Waals surface area contributed by atoms with Gasteiger partial charge in [0.05, 0.1) is 0 Å². The van der Waals surface area contributed by atoms with Gasteiger partial charge in [0, 0.05) is 22.3 Å². The number of rotatable bonds is 8. The molecule has 1 aromatic rings. The zero-order valence-corrected chi connectivity index (χ0v) is 13.5. The number of aryl methyl sites for hydroxylation is 1. The maximum absolute atomic E-state index is 3.62. The highest BCUT2D eigenvalue weighted by Gasteiger charge is 2.24. The molecule has 1 heterocycles. The van der Waals surface area contributed by atoms with Crippen molar-refractivity contribution in [1.29, 1.82) is 0 Å². The van der Waals surface area contributed by atoms with Crippen LogP contribution in [-0.2, 0) is 12.8 Å². The van der Waals surface area contributed by atoms with Crippen LogP contribution in [0.5, 0.6) is 0 Å². The summed E-state index contributed by atoms with van der Waals surface area (Å²) in [5.74, 6) is 0. The topological polar surface area (TPSA) is 12.0 Å². The summed E-state index contributed by atoms with van der Waals surface area (Å²) in [4.78, 5) is 3.06. The Labute approximate surface area is 117 Å². The van der Waals surface area contributed by atoms with E-state index in [1.54, 1.807) is 4.88 Å². The first-order valence-corrected chi connectivity index (χ1v) is 8.11. The van der Waals surface area contributed by atoms with Crippen LogP contribution in [0.2, 0.25) is 0 Å². The van der Waals surface area contributed by atoms with Gasteiger partial charge in [-0.2, -0.15) is 0 Å². The third-order valence-electron chi connectivity index (χ3n) is 3.46. The van der Waals surface area contributed by atoms with Crippen LogP contribution in [0.25, 0.3) is 0 Å². The van der Waals surface area contributed by atoms with Crippen molar-refractivity contribution in [3.8, 4) is 0 Å². The first-order chi connectivity index (χ1) is 8.49. The van der Waals surface area contributed by atoms with Crippen molar-refractivity contribution in [2.45, 2.75) is 66.3 Å². The lowest BCUT2D eigenvalue weighted by molar-refractivity contribution is 0.269. The summed E-state index contributed by atoms with van der Waals surface area (Å²) < 4.78 is 0. The average molecular weight is 267 g/mol. The van der Waals surface area contributed by atoms with Crippen molar-refractivity contribution >= 4 is 11.3 Å². The van der Waals surface area contributed by atoms with E-state index in [0.717, 1.165) is 6.54 Å². The van der Waals surface area contributed by atoms with Gasteiger partial charge in [-0.1, -0.05) is 41.0 Å². The highest BCUT2D eigenvalue weighted by molar-refractivity contribution is 7.11. The van der Waals surface area contributed by atoms with Crippen LogP contribution in [0, 0.1) is 5.41 Å². The van der Waals surface area contributed by atoms with E-state index in [-0.39, 0.29) is 0 Å². The zero-order chi connectivity index (χ0) is 13.6. The molecule has 1 N–H and O–H groups in total. The van der Waals surface area contributed by atoms with Crippen LogP contribution in [0.15, 0.2) is 12.1 Å². The lowest BCUT2D eigenvalue weighted by Crippen LogP contribution is -2.37. The summed E-state index contributed by atoms with van der Waals surface area (Å²) in [5, 5.41) is 3.62. The molecule has 0 saturated carbocycles. The standard InChI is InChI=1S/C16H29NS/c1-6-10-16(5,12-17-13(3)4)11-15-9-8-14(7-2)18-15/h8-9,13,17H,6-7,10-12H2,1-5H3. The molecule has 0 radical (unpaired) electrons. The molecule has 0 aliphatic carbocycles. The molecule has 1 aromatic heterocycles. The fourth-order valence-electron chi connectivity index (χ4n) is 2.42. The highest BCUT2D eigenvalue weighted by Crippen LogP contribution is 2.31. The molecule has 0 bridgehead atoms. The van der Waals surface area contributed by atoms with Crippen molar-refractivity contribution in [1.82, 2.24) is 5.32 Å². The van der Waals surface area contributed by atoms with Gasteiger partial charge < -0.3 is 5.32 Å². The Bertz CT molecular complexity index is 343. The number of nitrogens with one attached hydrogen (secondary N) is 1. The Morgan fingerprint density at radius 3 is 2.39 bits per heavy atom. The Morgan fingerprint density at radius 1 is 1.22 bits per heavy atom. The van der Waals surface area contributed by atoms with Crippen molar-refractivity contribution < 1.29 is 0 Å². The van der Waals surface area contributed by atoms with E-state index in [0.29, 0.717) is 11.5 Å². The maximum Gasteiger partial charge on any atom is 0.00540 e. The Hall–Kier alpha value is -0.340. The summed E-state index contributed by atoms with van der Waals surface area (Å²) in [7, 11) is 0. The molecule has 0 aromatic carbocycles. The van der Waals surface area contributed by atoms with Crippen LogP contribution in [0.1, 0.15) is 57.2 Å². The molecule has 2 heteroatoms. The van der Waals surface area contributed by atoms with Gasteiger partial charge in [-0.3, -0.25) is 0 Å². The molecular weight excluding hydrogens is 238 g/mol. The van der Waals surface area contributed by atoms with Crippen molar-refractivity contribution in [3.05, 3.63) is 21.9 Å². The molecule has 0 amide bonds. The molecule has 0 saturated heterocycles. The quantitative estimate of drug-likeness (QED) is 0.722. The highest BCUT2D eigenvalue weighted by atomic mass is 32.1. The minimum absolute atomic E-state index is 0.398. The molecule has 0 aliphatic rings. The van der Waals surface area contributed by atoms with Gasteiger partial charge in [0.25, 0.3) is 0 Å². The van der Waals surface area contributed by atoms with Crippen LogP contribution in [0.3, 0.4) is 0 Å². The van der Waals surface area contributed by atoms with Gasteiger partial charge in [-0.05, 0) is 36.8 Å². The summed E-state index contributed by atoms with van der Waals surface area (Å²) in [6.45, 7) is 12.5. The van der Waals surface area contributed by atoms with Crippen molar-refractivity contribution in [2.24, 2.45) is 5.41 Å². The van der Waals surface area contributed by atoms with E-state index in [9.17, 15) is 0 Å². The van der Waals surface area contributed by atoms with Crippen LogP contribution >= 0.6 is 11.3 Å². The fourth-order valence-corrected chi connectivity index (χ4v) is 3.60. The van der Waals surface area contributed by atoms with E-state index >= 15 is 0 Å². The van der Waals surface area contributed by atoms with Gasteiger partial charge in [0.2, 0.25) is 0 Å². The second-order valence-corrected chi connectivity index (χ2v) is 7.25. The minimum Gasteiger partial charge on any atom is -0.314 e. The van der Waals surface area contributed by atoms with Crippen LogP contribution in [-0.4, -0.2) is 12.6 Å². The molecule has 0 aliphatic heterocycles. The summed E-state index contributed by atoms with van der Waals surface area (Å²) in [5.41, 5.74) is 0.398. The van der Waals surface area contributed by atoms with E-state index in [2.05, 4.69) is 52.1 Å². The number of hydrogen-bond acceptors (Lipinski definition) is 2. The normalized spacial score (nSPS) is 15.0. The number of hydrogen-bond donors (Lipinski definition) is 1. The number of thiophene rings is 1. The third kappa shape index (κ3) is 5.11. The lowest BCUT2D eigenvalue weighted by atomic mass is 9.81. The molecule has 18 heavy (non-hydrogen) atoms. The first kappa shape index (κ1) is 15.7. The monoisotopic (exact) mass is 267 g/mol. The summed E-state index contributed by atoms with van der Waals surface area (Å²) in [6.07, 6.45) is 4.94. The van der Waals surface area contributed by atoms with Crippen molar-refractivity contribution in [2.75, 3.05) is 6.54 Å². The van der Waals surface area contributed by atoms with E-state index in [1.807, 2.05) is 11.3 Å². The van der Waals surface area contributed by atoms with E-state index < -0.39 is 0 Å². The Morgan fingerprint density at radius 2 is 1.89 bits per heavy atom. The molecule has 1 unspecified atom stereocenters. The largest absolute Gasteiger partial charge is 0.314 e. The Balaban J connectivity index is 2.65. The van der Waals surface area contributed by atoms with Gasteiger partial charge in [0.15, 0.2) is 0 Å². The van der Waals surface area contributed by atoms with Gasteiger partial charge in [0.1, 0.15) is 0 Å². The van der Waals surface area contributed by atoms with Crippen LogP contribution < -0.4 is 5.32 Å². The molecular formula is C16H29NS.